The van der Waals surface area contributed by atoms with Crippen molar-refractivity contribution >= 4 is 17.5 Å². The van der Waals surface area contributed by atoms with Crippen LogP contribution in [-0.2, 0) is 9.59 Å². The molecule has 0 aromatic heterocycles. The van der Waals surface area contributed by atoms with Gasteiger partial charge in [-0.1, -0.05) is 19.9 Å². The first-order valence-electron chi connectivity index (χ1n) is 6.94. The molecule has 6 nitrogen and oxygen atoms in total. The van der Waals surface area contributed by atoms with Gasteiger partial charge in [0.1, 0.15) is 5.75 Å². The molecule has 0 aliphatic carbocycles. The van der Waals surface area contributed by atoms with Gasteiger partial charge in [-0.3, -0.25) is 9.59 Å². The Morgan fingerprint density at radius 1 is 1.33 bits per heavy atom. The average Bonchev–Trinajstić information content (AvgIpc) is 2.42. The summed E-state index contributed by atoms with van der Waals surface area (Å²) in [6.07, 6.45) is 0.736. The fourth-order valence-corrected chi connectivity index (χ4v) is 1.94. The van der Waals surface area contributed by atoms with Gasteiger partial charge in [-0.15, -0.1) is 0 Å². The lowest BCUT2D eigenvalue weighted by atomic mass is 9.96. The summed E-state index contributed by atoms with van der Waals surface area (Å²) in [6.45, 7) is 4.21. The van der Waals surface area contributed by atoms with Gasteiger partial charge in [-0.25, -0.2) is 0 Å². The molecule has 1 aromatic carbocycles. The summed E-state index contributed by atoms with van der Waals surface area (Å²) in [6, 6.07) is 6.81. The topological polar surface area (TPSA) is 107 Å². The van der Waals surface area contributed by atoms with Gasteiger partial charge < -0.3 is 21.5 Å². The second-order valence-corrected chi connectivity index (χ2v) is 5.33. The summed E-state index contributed by atoms with van der Waals surface area (Å²) in [5.41, 5.74) is 11.3. The van der Waals surface area contributed by atoms with Crippen molar-refractivity contribution in [3.63, 3.8) is 0 Å². The highest BCUT2D eigenvalue weighted by Crippen LogP contribution is 2.19. The van der Waals surface area contributed by atoms with E-state index < -0.39 is 5.91 Å². The zero-order valence-corrected chi connectivity index (χ0v) is 12.5. The van der Waals surface area contributed by atoms with Crippen LogP contribution in [0.4, 0.5) is 5.69 Å². The molecule has 6 heteroatoms. The highest BCUT2D eigenvalue weighted by molar-refractivity contribution is 5.92. The largest absolute Gasteiger partial charge is 0.484 e. The van der Waals surface area contributed by atoms with E-state index in [9.17, 15) is 9.59 Å². The van der Waals surface area contributed by atoms with Gasteiger partial charge in [0, 0.05) is 18.3 Å². The number of anilines is 1. The summed E-state index contributed by atoms with van der Waals surface area (Å²) in [7, 11) is 0. The quantitative estimate of drug-likeness (QED) is 0.667. The number of nitrogens with one attached hydrogen (secondary N) is 1. The van der Waals surface area contributed by atoms with E-state index in [-0.39, 0.29) is 18.4 Å². The van der Waals surface area contributed by atoms with E-state index in [1.165, 1.54) is 0 Å². The maximum absolute atomic E-state index is 12.2. The Morgan fingerprint density at radius 2 is 2.05 bits per heavy atom. The number of hydrogen-bond acceptors (Lipinski definition) is 4. The van der Waals surface area contributed by atoms with Gasteiger partial charge in [0.05, 0.1) is 5.92 Å². The second-order valence-electron chi connectivity index (χ2n) is 5.33. The van der Waals surface area contributed by atoms with E-state index in [1.54, 1.807) is 24.3 Å². The van der Waals surface area contributed by atoms with Gasteiger partial charge in [0.15, 0.2) is 6.61 Å². The van der Waals surface area contributed by atoms with Crippen LogP contribution in [0.1, 0.15) is 20.3 Å². The fourth-order valence-electron chi connectivity index (χ4n) is 1.94. The Kier molecular flexibility index (Phi) is 6.68. The van der Waals surface area contributed by atoms with E-state index in [2.05, 4.69) is 5.32 Å². The molecule has 0 saturated carbocycles. The van der Waals surface area contributed by atoms with Crippen molar-refractivity contribution in [1.29, 1.82) is 0 Å². The maximum atomic E-state index is 12.2. The molecule has 0 fully saturated rings. The summed E-state index contributed by atoms with van der Waals surface area (Å²) >= 11 is 0. The normalized spacial score (nSPS) is 12.0. The van der Waals surface area contributed by atoms with E-state index in [0.29, 0.717) is 23.9 Å². The number of rotatable bonds is 8. The molecule has 0 aliphatic rings. The molecule has 2 amide bonds. The van der Waals surface area contributed by atoms with Crippen LogP contribution in [0.15, 0.2) is 24.3 Å². The molecule has 5 N–H and O–H groups in total. The number of hydrogen-bond donors (Lipinski definition) is 3. The maximum Gasteiger partial charge on any atom is 0.255 e. The minimum atomic E-state index is -0.551. The molecular formula is C15H23N3O3. The molecule has 116 valence electrons. The summed E-state index contributed by atoms with van der Waals surface area (Å²) in [5.74, 6) is -0.0164. The number of benzene rings is 1. The Labute approximate surface area is 124 Å². The van der Waals surface area contributed by atoms with Crippen molar-refractivity contribution in [3.05, 3.63) is 24.3 Å². The molecule has 1 aromatic rings. The summed E-state index contributed by atoms with van der Waals surface area (Å²) in [5, 5.41) is 2.81. The highest BCUT2D eigenvalue weighted by atomic mass is 16.5. The van der Waals surface area contributed by atoms with E-state index in [0.717, 1.165) is 6.42 Å². The number of carbonyl (C=O) groups is 2. The van der Waals surface area contributed by atoms with E-state index in [1.807, 2.05) is 13.8 Å². The Balaban J connectivity index is 2.66. The third kappa shape index (κ3) is 6.27. The van der Waals surface area contributed by atoms with Gasteiger partial charge in [-0.05, 0) is 24.5 Å². The third-order valence-corrected chi connectivity index (χ3v) is 2.89. The molecule has 0 radical (unpaired) electrons. The van der Waals surface area contributed by atoms with Crippen LogP contribution in [0.5, 0.6) is 5.75 Å². The van der Waals surface area contributed by atoms with Crippen LogP contribution in [0.3, 0.4) is 0 Å². The van der Waals surface area contributed by atoms with Crippen LogP contribution in [0.2, 0.25) is 0 Å². The number of carbonyl (C=O) groups excluding carboxylic acids is 2. The smallest absolute Gasteiger partial charge is 0.255 e. The average molecular weight is 293 g/mol. The first-order valence-corrected chi connectivity index (χ1v) is 6.94. The van der Waals surface area contributed by atoms with Crippen molar-refractivity contribution in [2.24, 2.45) is 23.3 Å². The standard InChI is InChI=1S/C15H23N3O3/c1-10(2)6-11(8-16)15(20)18-12-4-3-5-13(7-12)21-9-14(17)19/h3-5,7,10-11H,6,8-9,16H2,1-2H3,(H2,17,19)(H,18,20). The monoisotopic (exact) mass is 293 g/mol. The van der Waals surface area contributed by atoms with Crippen LogP contribution in [0, 0.1) is 11.8 Å². The molecule has 0 spiro atoms. The lowest BCUT2D eigenvalue weighted by molar-refractivity contribution is -0.120. The van der Waals surface area contributed by atoms with Crippen molar-refractivity contribution in [1.82, 2.24) is 0 Å². The summed E-state index contributed by atoms with van der Waals surface area (Å²) in [4.78, 5) is 22.8. The van der Waals surface area contributed by atoms with Gasteiger partial charge in [-0.2, -0.15) is 0 Å². The lowest BCUT2D eigenvalue weighted by Gasteiger charge is -2.17. The minimum absolute atomic E-state index is 0.113. The SMILES string of the molecule is CC(C)CC(CN)C(=O)Nc1cccc(OCC(N)=O)c1. The Bertz CT molecular complexity index is 489. The van der Waals surface area contributed by atoms with E-state index in [4.69, 9.17) is 16.2 Å². The Morgan fingerprint density at radius 3 is 2.62 bits per heavy atom. The van der Waals surface area contributed by atoms with Crippen LogP contribution >= 0.6 is 0 Å². The number of amides is 2. The van der Waals surface area contributed by atoms with Crippen LogP contribution < -0.4 is 21.5 Å². The predicted molar refractivity (Wildman–Crippen MR) is 81.8 cm³/mol. The van der Waals surface area contributed by atoms with Crippen molar-refractivity contribution in [3.8, 4) is 5.75 Å². The molecule has 21 heavy (non-hydrogen) atoms. The molecule has 0 bridgehead atoms. The van der Waals surface area contributed by atoms with Crippen LogP contribution in [0.25, 0.3) is 0 Å². The predicted octanol–water partition coefficient (Wildman–Crippen LogP) is 1.11. The Hall–Kier alpha value is -2.08. The van der Waals surface area contributed by atoms with Gasteiger partial charge in [0.2, 0.25) is 5.91 Å². The highest BCUT2D eigenvalue weighted by Gasteiger charge is 2.18. The third-order valence-electron chi connectivity index (χ3n) is 2.89. The molecule has 0 heterocycles. The van der Waals surface area contributed by atoms with Crippen molar-refractivity contribution in [2.75, 3.05) is 18.5 Å². The van der Waals surface area contributed by atoms with E-state index >= 15 is 0 Å². The van der Waals surface area contributed by atoms with Gasteiger partial charge >= 0.3 is 0 Å². The van der Waals surface area contributed by atoms with Crippen molar-refractivity contribution < 1.29 is 14.3 Å². The van der Waals surface area contributed by atoms with Crippen LogP contribution in [-0.4, -0.2) is 25.0 Å². The zero-order valence-electron chi connectivity index (χ0n) is 12.5. The minimum Gasteiger partial charge on any atom is -0.484 e. The lowest BCUT2D eigenvalue weighted by Crippen LogP contribution is -2.30. The number of ether oxygens (including phenoxy) is 1. The fraction of sp³-hybridized carbons (Fsp3) is 0.467. The molecule has 1 atom stereocenters. The number of primary amides is 1. The molecule has 1 unspecified atom stereocenters. The number of nitrogens with two attached hydrogens (primary N) is 2. The molecule has 1 rings (SSSR count). The second kappa shape index (κ2) is 8.26. The summed E-state index contributed by atoms with van der Waals surface area (Å²) < 4.78 is 5.19. The zero-order chi connectivity index (χ0) is 15.8. The molecule has 0 saturated heterocycles. The first-order chi connectivity index (χ1) is 9.92. The van der Waals surface area contributed by atoms with Gasteiger partial charge in [0.25, 0.3) is 5.91 Å². The molecular weight excluding hydrogens is 270 g/mol. The first kappa shape index (κ1) is 17.0. The van der Waals surface area contributed by atoms with Crippen molar-refractivity contribution in [2.45, 2.75) is 20.3 Å². The molecule has 0 aliphatic heterocycles.